The molecule has 0 spiro atoms. The standard InChI is InChI=1S/C16H22N4O5/c1-16(2,8-19-15(23)20-12(13(17)21)14(18)22)9-3-4-10-11(7-9)25-6-5-24-10/h3-4,7,12H,5-6,8H2,1-2H3,(H2,17,21)(H2,18,22)(H2,19,20,23). The lowest BCUT2D eigenvalue weighted by Crippen LogP contribution is -2.55. The van der Waals surface area contributed by atoms with E-state index >= 15 is 0 Å². The van der Waals surface area contributed by atoms with Crippen LogP contribution in [0.1, 0.15) is 19.4 Å². The Bertz CT molecular complexity index is 675. The topological polar surface area (TPSA) is 146 Å². The maximum absolute atomic E-state index is 11.9. The number of hydrogen-bond acceptors (Lipinski definition) is 5. The molecule has 1 aromatic rings. The van der Waals surface area contributed by atoms with E-state index in [-0.39, 0.29) is 6.54 Å². The molecule has 136 valence electrons. The number of benzene rings is 1. The molecule has 4 amide bonds. The molecular weight excluding hydrogens is 328 g/mol. The summed E-state index contributed by atoms with van der Waals surface area (Å²) in [6, 6.07) is 3.31. The van der Waals surface area contributed by atoms with Crippen LogP contribution in [0.2, 0.25) is 0 Å². The number of nitrogens with two attached hydrogens (primary N) is 2. The molecule has 1 aliphatic rings. The number of urea groups is 1. The van der Waals surface area contributed by atoms with Gasteiger partial charge in [0, 0.05) is 12.0 Å². The highest BCUT2D eigenvalue weighted by molar-refractivity contribution is 6.05. The monoisotopic (exact) mass is 350 g/mol. The van der Waals surface area contributed by atoms with Crippen LogP contribution in [0.25, 0.3) is 0 Å². The average molecular weight is 350 g/mol. The van der Waals surface area contributed by atoms with Crippen molar-refractivity contribution in [3.8, 4) is 11.5 Å². The van der Waals surface area contributed by atoms with E-state index in [1.54, 1.807) is 0 Å². The summed E-state index contributed by atoms with van der Waals surface area (Å²) in [5, 5.41) is 4.75. The molecule has 0 aliphatic carbocycles. The molecule has 0 fully saturated rings. The predicted molar refractivity (Wildman–Crippen MR) is 89.2 cm³/mol. The summed E-state index contributed by atoms with van der Waals surface area (Å²) in [4.78, 5) is 34.1. The van der Waals surface area contributed by atoms with E-state index in [0.717, 1.165) is 5.56 Å². The molecule has 1 aliphatic heterocycles. The van der Waals surface area contributed by atoms with Crippen LogP contribution in [-0.4, -0.2) is 43.6 Å². The Kier molecular flexibility index (Phi) is 5.35. The highest BCUT2D eigenvalue weighted by atomic mass is 16.6. The van der Waals surface area contributed by atoms with Gasteiger partial charge in [0.25, 0.3) is 0 Å². The molecule has 0 radical (unpaired) electrons. The lowest BCUT2D eigenvalue weighted by molar-refractivity contribution is -0.128. The van der Waals surface area contributed by atoms with Crippen LogP contribution in [0.4, 0.5) is 4.79 Å². The third-order valence-corrected chi connectivity index (χ3v) is 3.86. The van der Waals surface area contributed by atoms with Gasteiger partial charge in [-0.3, -0.25) is 9.59 Å². The molecule has 25 heavy (non-hydrogen) atoms. The van der Waals surface area contributed by atoms with Crippen LogP contribution in [-0.2, 0) is 15.0 Å². The van der Waals surface area contributed by atoms with Crippen LogP contribution in [0, 0.1) is 0 Å². The van der Waals surface area contributed by atoms with Crippen LogP contribution >= 0.6 is 0 Å². The number of fused-ring (bicyclic) bond motifs is 1. The minimum absolute atomic E-state index is 0.239. The lowest BCUT2D eigenvalue weighted by atomic mass is 9.84. The average Bonchev–Trinajstić information content (AvgIpc) is 2.57. The van der Waals surface area contributed by atoms with E-state index in [2.05, 4.69) is 10.6 Å². The summed E-state index contributed by atoms with van der Waals surface area (Å²) in [5.41, 5.74) is 10.5. The Hall–Kier alpha value is -2.97. The van der Waals surface area contributed by atoms with Crippen LogP contribution in [0.3, 0.4) is 0 Å². The van der Waals surface area contributed by atoms with Crippen molar-refractivity contribution in [1.29, 1.82) is 0 Å². The maximum Gasteiger partial charge on any atom is 0.315 e. The van der Waals surface area contributed by atoms with Gasteiger partial charge in [0.15, 0.2) is 17.5 Å². The third kappa shape index (κ3) is 4.52. The van der Waals surface area contributed by atoms with Crippen molar-refractivity contribution in [2.24, 2.45) is 11.5 Å². The Balaban J connectivity index is 2.00. The normalized spacial score (nSPS) is 13.2. The van der Waals surface area contributed by atoms with Crippen molar-refractivity contribution in [2.75, 3.05) is 19.8 Å². The summed E-state index contributed by atoms with van der Waals surface area (Å²) >= 11 is 0. The molecule has 0 saturated heterocycles. The zero-order valence-electron chi connectivity index (χ0n) is 14.1. The molecule has 9 nitrogen and oxygen atoms in total. The molecule has 2 rings (SSSR count). The fourth-order valence-corrected chi connectivity index (χ4v) is 2.33. The molecule has 1 aromatic carbocycles. The van der Waals surface area contributed by atoms with Gasteiger partial charge in [-0.2, -0.15) is 0 Å². The van der Waals surface area contributed by atoms with Gasteiger partial charge in [-0.15, -0.1) is 0 Å². The molecule has 0 unspecified atom stereocenters. The Morgan fingerprint density at radius 2 is 1.72 bits per heavy atom. The van der Waals surface area contributed by atoms with Crippen molar-refractivity contribution < 1.29 is 23.9 Å². The highest BCUT2D eigenvalue weighted by Gasteiger charge is 2.27. The summed E-state index contributed by atoms with van der Waals surface area (Å²) in [5.74, 6) is -0.700. The van der Waals surface area contributed by atoms with Gasteiger partial charge in [-0.05, 0) is 17.7 Å². The second kappa shape index (κ2) is 7.29. The summed E-state index contributed by atoms with van der Waals surface area (Å²) in [6.45, 7) is 5.09. The van der Waals surface area contributed by atoms with E-state index in [0.29, 0.717) is 24.7 Å². The van der Waals surface area contributed by atoms with Crippen LogP contribution in [0.5, 0.6) is 11.5 Å². The molecule has 0 atom stereocenters. The van der Waals surface area contributed by atoms with Gasteiger partial charge in [-0.1, -0.05) is 19.9 Å². The van der Waals surface area contributed by atoms with E-state index in [1.165, 1.54) is 0 Å². The molecule has 0 aromatic heterocycles. The van der Waals surface area contributed by atoms with Crippen molar-refractivity contribution in [3.05, 3.63) is 23.8 Å². The zero-order valence-corrected chi connectivity index (χ0v) is 14.1. The fraction of sp³-hybridized carbons (Fsp3) is 0.438. The molecule has 6 N–H and O–H groups in total. The van der Waals surface area contributed by atoms with Crippen molar-refractivity contribution in [1.82, 2.24) is 10.6 Å². The number of nitrogens with one attached hydrogen (secondary N) is 2. The summed E-state index contributed by atoms with van der Waals surface area (Å²) in [6.07, 6.45) is 0. The van der Waals surface area contributed by atoms with Crippen molar-refractivity contribution in [2.45, 2.75) is 25.3 Å². The second-order valence-corrected chi connectivity index (χ2v) is 6.31. The smallest absolute Gasteiger partial charge is 0.315 e. The first-order valence-corrected chi connectivity index (χ1v) is 7.74. The van der Waals surface area contributed by atoms with Crippen LogP contribution < -0.4 is 31.6 Å². The third-order valence-electron chi connectivity index (χ3n) is 3.86. The molecule has 0 saturated carbocycles. The Labute approximate surface area is 145 Å². The number of carbonyl (C=O) groups excluding carboxylic acids is 3. The minimum atomic E-state index is -1.56. The minimum Gasteiger partial charge on any atom is -0.486 e. The van der Waals surface area contributed by atoms with E-state index in [4.69, 9.17) is 20.9 Å². The maximum atomic E-state index is 11.9. The summed E-state index contributed by atoms with van der Waals surface area (Å²) in [7, 11) is 0. The SMILES string of the molecule is CC(C)(CNC(=O)NC(C(N)=O)C(N)=O)c1ccc2c(c1)OCCO2. The molecule has 9 heteroatoms. The van der Waals surface area contributed by atoms with E-state index < -0.39 is 29.3 Å². The number of carbonyl (C=O) groups is 3. The van der Waals surface area contributed by atoms with Gasteiger partial charge in [0.2, 0.25) is 11.8 Å². The second-order valence-electron chi connectivity index (χ2n) is 6.31. The first-order chi connectivity index (χ1) is 11.7. The van der Waals surface area contributed by atoms with E-state index in [1.807, 2.05) is 32.0 Å². The number of amides is 4. The molecule has 0 bridgehead atoms. The first kappa shape index (κ1) is 18.4. The Morgan fingerprint density at radius 1 is 1.12 bits per heavy atom. The fourth-order valence-electron chi connectivity index (χ4n) is 2.33. The van der Waals surface area contributed by atoms with Gasteiger partial charge in [0.05, 0.1) is 0 Å². The highest BCUT2D eigenvalue weighted by Crippen LogP contribution is 2.34. The number of hydrogen-bond donors (Lipinski definition) is 4. The molecular formula is C16H22N4O5. The number of rotatable bonds is 6. The predicted octanol–water partition coefficient (Wildman–Crippen LogP) is -0.626. The number of primary amides is 2. The summed E-state index contributed by atoms with van der Waals surface area (Å²) < 4.78 is 11.0. The van der Waals surface area contributed by atoms with E-state index in [9.17, 15) is 14.4 Å². The van der Waals surface area contributed by atoms with Gasteiger partial charge >= 0.3 is 6.03 Å². The molecule has 1 heterocycles. The van der Waals surface area contributed by atoms with Crippen molar-refractivity contribution >= 4 is 17.8 Å². The zero-order chi connectivity index (χ0) is 18.6. The van der Waals surface area contributed by atoms with Crippen molar-refractivity contribution in [3.63, 3.8) is 0 Å². The number of ether oxygens (including phenoxy) is 2. The largest absolute Gasteiger partial charge is 0.486 e. The van der Waals surface area contributed by atoms with Gasteiger partial charge in [-0.25, -0.2) is 4.79 Å². The van der Waals surface area contributed by atoms with Gasteiger partial charge < -0.3 is 31.6 Å². The Morgan fingerprint density at radius 3 is 2.32 bits per heavy atom. The van der Waals surface area contributed by atoms with Gasteiger partial charge in [0.1, 0.15) is 13.2 Å². The quantitative estimate of drug-likeness (QED) is 0.505. The first-order valence-electron chi connectivity index (χ1n) is 7.74. The lowest BCUT2D eigenvalue weighted by Gasteiger charge is -2.28. The van der Waals surface area contributed by atoms with Crippen LogP contribution in [0.15, 0.2) is 18.2 Å².